The minimum atomic E-state index is -0.362. The highest BCUT2D eigenvalue weighted by Gasteiger charge is 2.05. The Morgan fingerprint density at radius 3 is 2.31 bits per heavy atom. The molecule has 0 saturated heterocycles. The summed E-state index contributed by atoms with van der Waals surface area (Å²) >= 11 is 3.37. The smallest absolute Gasteiger partial charge is 0.337 e. The van der Waals surface area contributed by atoms with Crippen molar-refractivity contribution < 1.29 is 19.1 Å². The molecule has 0 unspecified atom stereocenters. The molecule has 0 aromatic heterocycles. The van der Waals surface area contributed by atoms with Crippen LogP contribution in [0.4, 0.5) is 0 Å². The molecule has 0 aliphatic carbocycles. The van der Waals surface area contributed by atoms with Crippen LogP contribution in [0.1, 0.15) is 31.8 Å². The molecule has 0 spiro atoms. The van der Waals surface area contributed by atoms with Crippen LogP contribution in [0.5, 0.6) is 5.75 Å². The van der Waals surface area contributed by atoms with Gasteiger partial charge in [0.25, 0.3) is 0 Å². The minimum absolute atomic E-state index is 0.0537. The van der Waals surface area contributed by atoms with E-state index in [1.165, 1.54) is 7.11 Å². The van der Waals surface area contributed by atoms with Gasteiger partial charge in [-0.2, -0.15) is 0 Å². The molecular formula is C24H19BrO4. The predicted molar refractivity (Wildman–Crippen MR) is 116 cm³/mol. The average Bonchev–Trinajstić information content (AvgIpc) is 2.76. The number of carbonyl (C=O) groups excluding carboxylic acids is 2. The molecule has 3 rings (SSSR count). The van der Waals surface area contributed by atoms with Crippen LogP contribution < -0.4 is 4.74 Å². The van der Waals surface area contributed by atoms with Gasteiger partial charge in [0.1, 0.15) is 12.4 Å². The zero-order valence-corrected chi connectivity index (χ0v) is 17.4. The highest BCUT2D eigenvalue weighted by atomic mass is 79.9. The third-order valence-electron chi connectivity index (χ3n) is 4.20. The molecule has 0 aliphatic rings. The Hall–Kier alpha value is -3.18. The number of esters is 1. The van der Waals surface area contributed by atoms with Crippen LogP contribution in [-0.4, -0.2) is 18.9 Å². The maximum atomic E-state index is 12.2. The molecule has 5 heteroatoms. The van der Waals surface area contributed by atoms with Gasteiger partial charge in [0.15, 0.2) is 5.78 Å². The Kier molecular flexibility index (Phi) is 6.98. The van der Waals surface area contributed by atoms with E-state index in [1.807, 2.05) is 48.5 Å². The summed E-state index contributed by atoms with van der Waals surface area (Å²) in [4.78, 5) is 23.7. The SMILES string of the molecule is COC(=O)c1ccc(COc2ccc(C=CC(=O)c3cccc(Br)c3)cc2)cc1. The Labute approximate surface area is 177 Å². The number of ether oxygens (including phenoxy) is 2. The second-order valence-corrected chi connectivity index (χ2v) is 7.17. The van der Waals surface area contributed by atoms with Crippen LogP contribution in [0.15, 0.2) is 83.3 Å². The van der Waals surface area contributed by atoms with Gasteiger partial charge in [-0.25, -0.2) is 4.79 Å². The molecule has 0 atom stereocenters. The van der Waals surface area contributed by atoms with E-state index in [9.17, 15) is 9.59 Å². The lowest BCUT2D eigenvalue weighted by atomic mass is 10.1. The zero-order valence-electron chi connectivity index (χ0n) is 15.8. The van der Waals surface area contributed by atoms with Crippen LogP contribution in [0.3, 0.4) is 0 Å². The Morgan fingerprint density at radius 1 is 0.931 bits per heavy atom. The lowest BCUT2D eigenvalue weighted by Crippen LogP contribution is -2.01. The van der Waals surface area contributed by atoms with E-state index in [1.54, 1.807) is 36.4 Å². The molecule has 3 aromatic rings. The molecule has 0 amide bonds. The van der Waals surface area contributed by atoms with E-state index < -0.39 is 0 Å². The Morgan fingerprint density at radius 2 is 1.66 bits per heavy atom. The van der Waals surface area contributed by atoms with Gasteiger partial charge in [-0.05, 0) is 53.6 Å². The van der Waals surface area contributed by atoms with Gasteiger partial charge in [-0.1, -0.05) is 58.4 Å². The standard InChI is InChI=1S/C24H19BrO4/c1-28-24(27)19-10-5-18(6-11-19)16-29-22-12-7-17(8-13-22)9-14-23(26)20-3-2-4-21(25)15-20/h2-15H,16H2,1H3. The third kappa shape index (κ3) is 5.90. The van der Waals surface area contributed by atoms with Crippen molar-refractivity contribution in [3.05, 3.63) is 106 Å². The lowest BCUT2D eigenvalue weighted by Gasteiger charge is -2.07. The van der Waals surface area contributed by atoms with Crippen LogP contribution in [0.2, 0.25) is 0 Å². The number of methoxy groups -OCH3 is 1. The fourth-order valence-electron chi connectivity index (χ4n) is 2.61. The van der Waals surface area contributed by atoms with Crippen molar-refractivity contribution in [3.8, 4) is 5.75 Å². The average molecular weight is 451 g/mol. The summed E-state index contributed by atoms with van der Waals surface area (Å²) in [6.45, 7) is 0.387. The molecule has 146 valence electrons. The number of hydrogen-bond donors (Lipinski definition) is 0. The monoisotopic (exact) mass is 450 g/mol. The van der Waals surface area contributed by atoms with Gasteiger partial charge < -0.3 is 9.47 Å². The Bertz CT molecular complexity index is 1020. The number of halogens is 1. The molecule has 0 radical (unpaired) electrons. The molecule has 0 heterocycles. The largest absolute Gasteiger partial charge is 0.489 e. The number of ketones is 1. The number of hydrogen-bond acceptors (Lipinski definition) is 4. The Balaban J connectivity index is 1.56. The second-order valence-electron chi connectivity index (χ2n) is 6.25. The van der Waals surface area contributed by atoms with Crippen molar-refractivity contribution in [2.75, 3.05) is 7.11 Å². The van der Waals surface area contributed by atoms with Crippen LogP contribution >= 0.6 is 15.9 Å². The molecule has 4 nitrogen and oxygen atoms in total. The first-order valence-electron chi connectivity index (χ1n) is 8.93. The molecule has 0 saturated carbocycles. The summed E-state index contributed by atoms with van der Waals surface area (Å²) in [6.07, 6.45) is 3.33. The van der Waals surface area contributed by atoms with Gasteiger partial charge in [0.05, 0.1) is 12.7 Å². The molecule has 0 aliphatic heterocycles. The topological polar surface area (TPSA) is 52.6 Å². The summed E-state index contributed by atoms with van der Waals surface area (Å²) in [6, 6.07) is 21.9. The van der Waals surface area contributed by atoms with Crippen molar-refractivity contribution in [1.82, 2.24) is 0 Å². The van der Waals surface area contributed by atoms with E-state index >= 15 is 0 Å². The molecular weight excluding hydrogens is 432 g/mol. The molecule has 3 aromatic carbocycles. The van der Waals surface area contributed by atoms with Gasteiger partial charge in [0.2, 0.25) is 0 Å². The van der Waals surface area contributed by atoms with Crippen molar-refractivity contribution >= 4 is 33.8 Å². The quantitative estimate of drug-likeness (QED) is 0.262. The first-order chi connectivity index (χ1) is 14.0. The number of rotatable bonds is 7. The highest BCUT2D eigenvalue weighted by molar-refractivity contribution is 9.10. The molecule has 0 N–H and O–H groups in total. The van der Waals surface area contributed by atoms with E-state index in [-0.39, 0.29) is 11.8 Å². The van der Waals surface area contributed by atoms with E-state index in [2.05, 4.69) is 20.7 Å². The first kappa shape index (κ1) is 20.6. The van der Waals surface area contributed by atoms with Crippen LogP contribution in [-0.2, 0) is 11.3 Å². The lowest BCUT2D eigenvalue weighted by molar-refractivity contribution is 0.0600. The van der Waals surface area contributed by atoms with Crippen molar-refractivity contribution in [3.63, 3.8) is 0 Å². The van der Waals surface area contributed by atoms with Crippen molar-refractivity contribution in [2.24, 2.45) is 0 Å². The second kappa shape index (κ2) is 9.85. The zero-order chi connectivity index (χ0) is 20.6. The maximum absolute atomic E-state index is 12.2. The summed E-state index contributed by atoms with van der Waals surface area (Å²) in [7, 11) is 1.36. The van der Waals surface area contributed by atoms with Gasteiger partial charge in [-0.15, -0.1) is 0 Å². The van der Waals surface area contributed by atoms with Gasteiger partial charge >= 0.3 is 5.97 Å². The number of benzene rings is 3. The summed E-state index contributed by atoms with van der Waals surface area (Å²) in [5.41, 5.74) is 2.99. The predicted octanol–water partition coefficient (Wildman–Crippen LogP) is 5.71. The molecule has 29 heavy (non-hydrogen) atoms. The normalized spacial score (nSPS) is 10.7. The highest BCUT2D eigenvalue weighted by Crippen LogP contribution is 2.17. The van der Waals surface area contributed by atoms with Crippen molar-refractivity contribution in [1.29, 1.82) is 0 Å². The molecule has 0 fully saturated rings. The van der Waals surface area contributed by atoms with Gasteiger partial charge in [0, 0.05) is 10.0 Å². The minimum Gasteiger partial charge on any atom is -0.489 e. The maximum Gasteiger partial charge on any atom is 0.337 e. The van der Waals surface area contributed by atoms with Crippen LogP contribution in [0.25, 0.3) is 6.08 Å². The fraction of sp³-hybridized carbons (Fsp3) is 0.0833. The van der Waals surface area contributed by atoms with Crippen LogP contribution in [0, 0.1) is 0 Å². The summed E-state index contributed by atoms with van der Waals surface area (Å²) < 4.78 is 11.3. The third-order valence-corrected chi connectivity index (χ3v) is 4.69. The van der Waals surface area contributed by atoms with Gasteiger partial charge in [-0.3, -0.25) is 4.79 Å². The molecule has 0 bridgehead atoms. The number of allylic oxidation sites excluding steroid dienone is 1. The van der Waals surface area contributed by atoms with E-state index in [0.29, 0.717) is 17.7 Å². The first-order valence-corrected chi connectivity index (χ1v) is 9.72. The fourth-order valence-corrected chi connectivity index (χ4v) is 3.01. The van der Waals surface area contributed by atoms with Crippen molar-refractivity contribution in [2.45, 2.75) is 6.61 Å². The summed E-state index contributed by atoms with van der Waals surface area (Å²) in [5.74, 6) is 0.305. The number of carbonyl (C=O) groups is 2. The van der Waals surface area contributed by atoms with E-state index in [0.717, 1.165) is 21.3 Å². The van der Waals surface area contributed by atoms with E-state index in [4.69, 9.17) is 4.74 Å². The summed E-state index contributed by atoms with van der Waals surface area (Å²) in [5, 5.41) is 0.